The number of piperidine rings is 1. The highest BCUT2D eigenvalue weighted by Gasteiger charge is 2.34. The van der Waals surface area contributed by atoms with E-state index in [2.05, 4.69) is 51.7 Å². The van der Waals surface area contributed by atoms with Crippen molar-refractivity contribution in [2.24, 2.45) is 5.92 Å². The van der Waals surface area contributed by atoms with Crippen LogP contribution < -0.4 is 15.5 Å². The van der Waals surface area contributed by atoms with Crippen LogP contribution >= 0.6 is 23.8 Å². The number of hydrogen-bond donors (Lipinski definition) is 2. The molecule has 4 nitrogen and oxygen atoms in total. The summed E-state index contributed by atoms with van der Waals surface area (Å²) in [7, 11) is 0. The van der Waals surface area contributed by atoms with Crippen LogP contribution in [0.2, 0.25) is 5.02 Å². The molecule has 31 heavy (non-hydrogen) atoms. The molecule has 2 aromatic rings. The van der Waals surface area contributed by atoms with E-state index in [-0.39, 0.29) is 5.41 Å². The van der Waals surface area contributed by atoms with Crippen LogP contribution in [-0.4, -0.2) is 29.7 Å². The van der Waals surface area contributed by atoms with Crippen molar-refractivity contribution in [3.63, 3.8) is 0 Å². The summed E-state index contributed by atoms with van der Waals surface area (Å²) in [5, 5.41) is 8.24. The molecule has 1 aliphatic carbocycles. The van der Waals surface area contributed by atoms with Crippen LogP contribution in [0.5, 0.6) is 0 Å². The maximum atomic E-state index is 6.13. The zero-order valence-electron chi connectivity index (χ0n) is 18.4. The SMILES string of the molecule is C[C@@H]1CCCN(c2ccc(NC(=S)NCC3(c4ccc(Cl)cc4)CCCCC3)cn2)C1. The van der Waals surface area contributed by atoms with E-state index in [1.54, 1.807) is 0 Å². The number of aromatic nitrogens is 1. The van der Waals surface area contributed by atoms with Gasteiger partial charge in [-0.05, 0) is 73.6 Å². The maximum Gasteiger partial charge on any atom is 0.170 e. The Kier molecular flexibility index (Phi) is 7.34. The second-order valence-corrected chi connectivity index (χ2v) is 10.1. The first-order valence-electron chi connectivity index (χ1n) is 11.6. The molecule has 2 heterocycles. The molecule has 166 valence electrons. The first kappa shape index (κ1) is 22.3. The van der Waals surface area contributed by atoms with E-state index in [0.29, 0.717) is 5.11 Å². The van der Waals surface area contributed by atoms with Gasteiger partial charge in [0.25, 0.3) is 0 Å². The van der Waals surface area contributed by atoms with Crippen LogP contribution in [0.3, 0.4) is 0 Å². The molecule has 2 N–H and O–H groups in total. The Hall–Kier alpha value is -1.85. The molecule has 0 amide bonds. The van der Waals surface area contributed by atoms with Gasteiger partial charge < -0.3 is 15.5 Å². The molecule has 1 saturated heterocycles. The Balaban J connectivity index is 1.35. The molecular formula is C25H33ClN4S. The number of nitrogens with one attached hydrogen (secondary N) is 2. The summed E-state index contributed by atoms with van der Waals surface area (Å²) in [5.41, 5.74) is 2.39. The van der Waals surface area contributed by atoms with E-state index >= 15 is 0 Å². The molecular weight excluding hydrogens is 424 g/mol. The van der Waals surface area contributed by atoms with Gasteiger partial charge in [0, 0.05) is 30.1 Å². The first-order chi connectivity index (χ1) is 15.0. The highest BCUT2D eigenvalue weighted by Crippen LogP contribution is 2.39. The lowest BCUT2D eigenvalue weighted by molar-refractivity contribution is 0.292. The summed E-state index contributed by atoms with van der Waals surface area (Å²) in [6.45, 7) is 5.33. The quantitative estimate of drug-likeness (QED) is 0.527. The number of pyridine rings is 1. The highest BCUT2D eigenvalue weighted by atomic mass is 35.5. The highest BCUT2D eigenvalue weighted by molar-refractivity contribution is 7.80. The fourth-order valence-electron chi connectivity index (χ4n) is 5.07. The van der Waals surface area contributed by atoms with Crippen molar-refractivity contribution in [1.29, 1.82) is 0 Å². The van der Waals surface area contributed by atoms with E-state index in [4.69, 9.17) is 23.8 Å². The molecule has 1 aromatic carbocycles. The Morgan fingerprint density at radius 3 is 2.58 bits per heavy atom. The summed E-state index contributed by atoms with van der Waals surface area (Å²) >= 11 is 11.7. The molecule has 1 aliphatic heterocycles. The van der Waals surface area contributed by atoms with Gasteiger partial charge in [-0.25, -0.2) is 4.98 Å². The van der Waals surface area contributed by atoms with Crippen molar-refractivity contribution in [3.8, 4) is 0 Å². The van der Waals surface area contributed by atoms with Crippen LogP contribution in [0.1, 0.15) is 57.4 Å². The van der Waals surface area contributed by atoms with Gasteiger partial charge in [0.1, 0.15) is 5.82 Å². The first-order valence-corrected chi connectivity index (χ1v) is 12.3. The summed E-state index contributed by atoms with van der Waals surface area (Å²) in [5.74, 6) is 1.79. The van der Waals surface area contributed by atoms with Crippen molar-refractivity contribution < 1.29 is 0 Å². The van der Waals surface area contributed by atoms with E-state index in [0.717, 1.165) is 42.1 Å². The number of nitrogens with zero attached hydrogens (tertiary/aromatic N) is 2. The van der Waals surface area contributed by atoms with Crippen molar-refractivity contribution in [3.05, 3.63) is 53.2 Å². The molecule has 0 bridgehead atoms. The van der Waals surface area contributed by atoms with E-state index < -0.39 is 0 Å². The summed E-state index contributed by atoms with van der Waals surface area (Å²) in [6.07, 6.45) is 10.6. The van der Waals surface area contributed by atoms with Gasteiger partial charge in [-0.15, -0.1) is 0 Å². The minimum absolute atomic E-state index is 0.113. The zero-order chi connectivity index (χ0) is 21.7. The Bertz CT molecular complexity index is 862. The molecule has 4 rings (SSSR count). The summed E-state index contributed by atoms with van der Waals surface area (Å²) in [4.78, 5) is 7.06. The standard InChI is InChI=1S/C25H33ClN4S/c1-19-6-5-15-30(17-19)23-12-11-22(16-27-23)29-24(31)28-18-25(13-3-2-4-14-25)20-7-9-21(26)10-8-20/h7-12,16,19H,2-6,13-15,17-18H2,1H3,(H2,28,29,31)/t19-/m1/s1. The summed E-state index contributed by atoms with van der Waals surface area (Å²) < 4.78 is 0. The molecule has 1 aromatic heterocycles. The Morgan fingerprint density at radius 1 is 1.13 bits per heavy atom. The van der Waals surface area contributed by atoms with Gasteiger partial charge in [0.2, 0.25) is 0 Å². The van der Waals surface area contributed by atoms with Gasteiger partial charge in [-0.2, -0.15) is 0 Å². The molecule has 0 unspecified atom stereocenters. The minimum Gasteiger partial charge on any atom is -0.362 e. The van der Waals surface area contributed by atoms with Crippen molar-refractivity contribution in [2.45, 2.75) is 57.3 Å². The number of thiocarbonyl (C=S) groups is 1. The lowest BCUT2D eigenvalue weighted by Gasteiger charge is -2.38. The van der Waals surface area contributed by atoms with Crippen molar-refractivity contribution in [1.82, 2.24) is 10.3 Å². The Morgan fingerprint density at radius 2 is 1.90 bits per heavy atom. The number of hydrogen-bond acceptors (Lipinski definition) is 3. The number of anilines is 2. The van der Waals surface area contributed by atoms with Gasteiger partial charge in [-0.3, -0.25) is 0 Å². The number of benzene rings is 1. The molecule has 2 fully saturated rings. The fraction of sp³-hybridized carbons (Fsp3) is 0.520. The van der Waals surface area contributed by atoms with Gasteiger partial charge in [0.05, 0.1) is 11.9 Å². The van der Waals surface area contributed by atoms with E-state index in [1.807, 2.05) is 18.3 Å². The monoisotopic (exact) mass is 456 g/mol. The van der Waals surface area contributed by atoms with Gasteiger partial charge in [-0.1, -0.05) is 49.9 Å². The molecule has 1 saturated carbocycles. The molecule has 0 spiro atoms. The van der Waals surface area contributed by atoms with Crippen LogP contribution in [0.4, 0.5) is 11.5 Å². The van der Waals surface area contributed by atoms with Crippen molar-refractivity contribution >= 4 is 40.4 Å². The zero-order valence-corrected chi connectivity index (χ0v) is 19.9. The topological polar surface area (TPSA) is 40.2 Å². The predicted molar refractivity (Wildman–Crippen MR) is 135 cm³/mol. The van der Waals surface area contributed by atoms with Crippen LogP contribution in [-0.2, 0) is 5.41 Å². The lowest BCUT2D eigenvalue weighted by Crippen LogP contribution is -2.43. The maximum absolute atomic E-state index is 6.13. The average molecular weight is 457 g/mol. The van der Waals surface area contributed by atoms with E-state index in [9.17, 15) is 0 Å². The Labute approximate surface area is 196 Å². The minimum atomic E-state index is 0.113. The predicted octanol–water partition coefficient (Wildman–Crippen LogP) is 6.16. The second-order valence-electron chi connectivity index (χ2n) is 9.25. The van der Waals surface area contributed by atoms with Gasteiger partial charge >= 0.3 is 0 Å². The third-order valence-corrected chi connectivity index (χ3v) is 7.34. The lowest BCUT2D eigenvalue weighted by atomic mass is 9.69. The third kappa shape index (κ3) is 5.69. The fourth-order valence-corrected chi connectivity index (χ4v) is 5.38. The van der Waals surface area contributed by atoms with Crippen LogP contribution in [0, 0.1) is 5.92 Å². The van der Waals surface area contributed by atoms with Crippen LogP contribution in [0.15, 0.2) is 42.6 Å². The largest absolute Gasteiger partial charge is 0.362 e. The second kappa shape index (κ2) is 10.2. The molecule has 6 heteroatoms. The van der Waals surface area contributed by atoms with Gasteiger partial charge in [0.15, 0.2) is 5.11 Å². The molecule has 1 atom stereocenters. The van der Waals surface area contributed by atoms with E-state index in [1.165, 1.54) is 50.5 Å². The summed E-state index contributed by atoms with van der Waals surface area (Å²) in [6, 6.07) is 12.5. The molecule has 0 radical (unpaired) electrons. The molecule has 2 aliphatic rings. The average Bonchev–Trinajstić information content (AvgIpc) is 2.79. The third-order valence-electron chi connectivity index (χ3n) is 6.84. The van der Waals surface area contributed by atoms with Crippen molar-refractivity contribution in [2.75, 3.05) is 29.9 Å². The van der Waals surface area contributed by atoms with Crippen LogP contribution in [0.25, 0.3) is 0 Å². The smallest absolute Gasteiger partial charge is 0.170 e. The normalized spacial score (nSPS) is 20.8. The number of rotatable bonds is 5. The number of halogens is 1.